The highest BCUT2D eigenvalue weighted by Gasteiger charge is 2.18. The van der Waals surface area contributed by atoms with Crippen molar-refractivity contribution in [3.63, 3.8) is 0 Å². The molecule has 8 nitrogen and oxygen atoms in total. The molecule has 12 heteroatoms. The molecule has 1 amide bonds. The normalized spacial score (nSPS) is 13.0. The second kappa shape index (κ2) is 13.7. The maximum atomic E-state index is 12.2. The first kappa shape index (κ1) is 29.5. The highest BCUT2D eigenvalue weighted by atomic mass is 35.5. The number of nitrogens with one attached hydrogen (secondary N) is 1. The third-order valence-electron chi connectivity index (χ3n) is 5.02. The molecule has 0 saturated heterocycles. The zero-order chi connectivity index (χ0) is 27.8. The Morgan fingerprint density at radius 3 is 1.95 bits per heavy atom. The predicted octanol–water partition coefficient (Wildman–Crippen LogP) is 6.65. The molecule has 0 radical (unpaired) electrons. The van der Waals surface area contributed by atoms with Gasteiger partial charge in [0.2, 0.25) is 6.79 Å². The Morgan fingerprint density at radius 1 is 0.842 bits per heavy atom. The van der Waals surface area contributed by atoms with E-state index in [1.54, 1.807) is 31.2 Å². The summed E-state index contributed by atoms with van der Waals surface area (Å²) in [5.74, 6) is 0.811. The van der Waals surface area contributed by atoms with Crippen LogP contribution in [0.25, 0.3) is 0 Å². The number of aliphatic carboxylic acids is 1. The predicted molar refractivity (Wildman–Crippen MR) is 145 cm³/mol. The highest BCUT2D eigenvalue weighted by molar-refractivity contribution is 6.36. The van der Waals surface area contributed by atoms with E-state index < -0.39 is 18.2 Å². The Labute approximate surface area is 239 Å². The number of benzene rings is 3. The third-order valence-corrected chi connectivity index (χ3v) is 6.08. The lowest BCUT2D eigenvalue weighted by molar-refractivity contribution is -0.144. The number of carboxylic acids is 1. The van der Waals surface area contributed by atoms with Gasteiger partial charge >= 0.3 is 5.97 Å². The molecule has 3 aromatic carbocycles. The van der Waals surface area contributed by atoms with E-state index in [4.69, 9.17) is 70.5 Å². The van der Waals surface area contributed by atoms with E-state index >= 15 is 0 Å². The van der Waals surface area contributed by atoms with Crippen LogP contribution in [-0.4, -0.2) is 36.0 Å². The molecule has 1 aliphatic heterocycles. The Balaban J connectivity index is 0.000000244. The maximum absolute atomic E-state index is 12.2. The average Bonchev–Trinajstić information content (AvgIpc) is 3.34. The molecule has 3 aromatic rings. The van der Waals surface area contributed by atoms with Crippen LogP contribution in [0.15, 0.2) is 54.6 Å². The fourth-order valence-corrected chi connectivity index (χ4v) is 3.92. The average molecular weight is 603 g/mol. The number of carboxylic acid groups (broad SMARTS) is 1. The quantitative estimate of drug-likeness (QED) is 0.297. The number of carbonyl (C=O) groups is 2. The molecular weight excluding hydrogens is 580 g/mol. The van der Waals surface area contributed by atoms with Crippen LogP contribution in [-0.2, 0) is 16.1 Å². The molecule has 0 aromatic heterocycles. The first-order chi connectivity index (χ1) is 18.0. The summed E-state index contributed by atoms with van der Waals surface area (Å²) < 4.78 is 21.2. The molecule has 0 bridgehead atoms. The molecule has 0 aliphatic carbocycles. The maximum Gasteiger partial charge on any atom is 0.344 e. The van der Waals surface area contributed by atoms with Crippen molar-refractivity contribution in [2.75, 3.05) is 6.79 Å². The van der Waals surface area contributed by atoms with Crippen LogP contribution in [0.1, 0.15) is 19.4 Å². The minimum Gasteiger partial charge on any atom is -0.479 e. The van der Waals surface area contributed by atoms with Crippen LogP contribution in [0.2, 0.25) is 20.1 Å². The zero-order valence-electron chi connectivity index (χ0n) is 20.2. The highest BCUT2D eigenvalue weighted by Crippen LogP contribution is 2.32. The molecule has 0 fully saturated rings. The summed E-state index contributed by atoms with van der Waals surface area (Å²) >= 11 is 23.3. The molecular formula is C26H23Cl4NO7. The van der Waals surface area contributed by atoms with E-state index in [1.807, 2.05) is 18.2 Å². The summed E-state index contributed by atoms with van der Waals surface area (Å²) in [5.41, 5.74) is 0.907. The standard InChI is InChI=1S/C17H15Cl2NO4.C9H8Cl2O3/c1-10(24-14-5-3-12(18)7-13(14)19)17(21)20-8-11-2-4-15-16(6-11)23-9-22-15;1-5(9(12)13)14-8-3-2-6(10)4-7(8)11/h2-7,10H,8-9H2,1H3,(H,20,21);2-5H,1H3,(H,12,13). The number of rotatable bonds is 8. The topological polar surface area (TPSA) is 103 Å². The van der Waals surface area contributed by atoms with Crippen molar-refractivity contribution < 1.29 is 33.6 Å². The van der Waals surface area contributed by atoms with E-state index in [-0.39, 0.29) is 12.7 Å². The fourth-order valence-electron chi connectivity index (χ4n) is 3.01. The SMILES string of the molecule is CC(Oc1ccc(Cl)cc1Cl)C(=O)NCc1ccc2c(c1)OCO2.CC(Oc1ccc(Cl)cc1Cl)C(=O)O. The van der Waals surface area contributed by atoms with Crippen LogP contribution >= 0.6 is 46.4 Å². The number of hydrogen-bond donors (Lipinski definition) is 2. The second-order valence-electron chi connectivity index (χ2n) is 7.91. The minimum absolute atomic E-state index is 0.220. The third kappa shape index (κ3) is 8.49. The lowest BCUT2D eigenvalue weighted by atomic mass is 10.2. The van der Waals surface area contributed by atoms with Crippen LogP contribution in [0.5, 0.6) is 23.0 Å². The molecule has 1 aliphatic rings. The molecule has 202 valence electrons. The molecule has 38 heavy (non-hydrogen) atoms. The van der Waals surface area contributed by atoms with Crippen molar-refractivity contribution in [2.45, 2.75) is 32.6 Å². The van der Waals surface area contributed by atoms with Gasteiger partial charge in [0.05, 0.1) is 10.0 Å². The van der Waals surface area contributed by atoms with Gasteiger partial charge in [-0.2, -0.15) is 0 Å². The molecule has 2 N–H and O–H groups in total. The van der Waals surface area contributed by atoms with Crippen LogP contribution < -0.4 is 24.3 Å². The van der Waals surface area contributed by atoms with Gasteiger partial charge in [0.15, 0.2) is 23.7 Å². The summed E-state index contributed by atoms with van der Waals surface area (Å²) in [5, 5.41) is 13.0. The zero-order valence-corrected chi connectivity index (χ0v) is 23.2. The summed E-state index contributed by atoms with van der Waals surface area (Å²) in [7, 11) is 0. The van der Waals surface area contributed by atoms with Crippen molar-refractivity contribution in [3.05, 3.63) is 80.3 Å². The van der Waals surface area contributed by atoms with Gasteiger partial charge in [0.25, 0.3) is 5.91 Å². The van der Waals surface area contributed by atoms with Gasteiger partial charge in [-0.25, -0.2) is 4.79 Å². The van der Waals surface area contributed by atoms with Gasteiger partial charge in [0, 0.05) is 16.6 Å². The van der Waals surface area contributed by atoms with Crippen LogP contribution in [0.3, 0.4) is 0 Å². The minimum atomic E-state index is -1.05. The van der Waals surface area contributed by atoms with E-state index in [2.05, 4.69) is 5.32 Å². The van der Waals surface area contributed by atoms with Gasteiger partial charge in [-0.05, 0) is 67.9 Å². The molecule has 0 spiro atoms. The number of hydrogen-bond acceptors (Lipinski definition) is 6. The number of ether oxygens (including phenoxy) is 4. The molecule has 4 rings (SSSR count). The van der Waals surface area contributed by atoms with Crippen molar-refractivity contribution in [1.29, 1.82) is 0 Å². The second-order valence-corrected chi connectivity index (χ2v) is 9.60. The molecule has 2 unspecified atom stereocenters. The smallest absolute Gasteiger partial charge is 0.344 e. The van der Waals surface area contributed by atoms with Crippen molar-refractivity contribution >= 4 is 58.3 Å². The van der Waals surface area contributed by atoms with Gasteiger partial charge in [-0.3, -0.25) is 4.79 Å². The lowest BCUT2D eigenvalue weighted by Gasteiger charge is -2.16. The van der Waals surface area contributed by atoms with Crippen LogP contribution in [0, 0.1) is 0 Å². The number of carbonyl (C=O) groups excluding carboxylic acids is 1. The Morgan fingerprint density at radius 2 is 1.39 bits per heavy atom. The van der Waals surface area contributed by atoms with E-state index in [0.717, 1.165) is 5.56 Å². The summed E-state index contributed by atoms with van der Waals surface area (Å²) in [6, 6.07) is 15.0. The number of amides is 1. The molecule has 1 heterocycles. The summed E-state index contributed by atoms with van der Waals surface area (Å²) in [6.45, 7) is 3.66. The number of halogens is 4. The van der Waals surface area contributed by atoms with Gasteiger partial charge in [-0.1, -0.05) is 52.5 Å². The van der Waals surface area contributed by atoms with Gasteiger partial charge in [-0.15, -0.1) is 0 Å². The fraction of sp³-hybridized carbons (Fsp3) is 0.231. The Kier molecular flexibility index (Phi) is 10.6. The Hall–Kier alpha value is -3.04. The lowest BCUT2D eigenvalue weighted by Crippen LogP contribution is -2.35. The Bertz CT molecular complexity index is 1300. The largest absolute Gasteiger partial charge is 0.479 e. The van der Waals surface area contributed by atoms with Gasteiger partial charge in [0.1, 0.15) is 11.5 Å². The van der Waals surface area contributed by atoms with E-state index in [9.17, 15) is 9.59 Å². The summed E-state index contributed by atoms with van der Waals surface area (Å²) in [4.78, 5) is 22.7. The van der Waals surface area contributed by atoms with Crippen molar-refractivity contribution in [2.24, 2.45) is 0 Å². The first-order valence-electron chi connectivity index (χ1n) is 11.2. The van der Waals surface area contributed by atoms with Crippen LogP contribution in [0.4, 0.5) is 0 Å². The van der Waals surface area contributed by atoms with Crippen molar-refractivity contribution in [3.8, 4) is 23.0 Å². The molecule has 2 atom stereocenters. The molecule has 0 saturated carbocycles. The first-order valence-corrected chi connectivity index (χ1v) is 12.7. The monoisotopic (exact) mass is 601 g/mol. The van der Waals surface area contributed by atoms with Gasteiger partial charge < -0.3 is 29.4 Å². The summed E-state index contributed by atoms with van der Waals surface area (Å²) in [6.07, 6.45) is -1.63. The van der Waals surface area contributed by atoms with Crippen molar-refractivity contribution in [1.82, 2.24) is 5.32 Å². The van der Waals surface area contributed by atoms with E-state index in [0.29, 0.717) is 49.6 Å². The van der Waals surface area contributed by atoms with E-state index in [1.165, 1.54) is 19.1 Å². The number of fused-ring (bicyclic) bond motifs is 1.